The number of amides is 2. The van der Waals surface area contributed by atoms with Gasteiger partial charge in [-0.25, -0.2) is 4.79 Å². The second kappa shape index (κ2) is 8.93. The van der Waals surface area contributed by atoms with E-state index in [1.807, 2.05) is 6.92 Å². The van der Waals surface area contributed by atoms with Crippen molar-refractivity contribution in [2.45, 2.75) is 19.4 Å². The molecule has 24 heavy (non-hydrogen) atoms. The maximum absolute atomic E-state index is 11.8. The molecule has 0 spiro atoms. The maximum atomic E-state index is 11.8. The second-order valence-electron chi connectivity index (χ2n) is 5.66. The number of carbonyl (C=O) groups excluding carboxylic acids is 1. The summed E-state index contributed by atoms with van der Waals surface area (Å²) in [6.45, 7) is 2.73. The molecule has 5 nitrogen and oxygen atoms in total. The van der Waals surface area contributed by atoms with Crippen LogP contribution in [0.25, 0.3) is 0 Å². The molecule has 1 atom stereocenters. The second-order valence-corrected chi connectivity index (χ2v) is 5.66. The van der Waals surface area contributed by atoms with Crippen LogP contribution in [-0.2, 0) is 6.42 Å². The van der Waals surface area contributed by atoms with E-state index in [4.69, 9.17) is 4.74 Å². The van der Waals surface area contributed by atoms with E-state index >= 15 is 0 Å². The molecule has 2 amide bonds. The molecule has 5 heteroatoms. The van der Waals surface area contributed by atoms with Gasteiger partial charge in [0.2, 0.25) is 0 Å². The molecule has 2 aromatic rings. The molecule has 128 valence electrons. The highest BCUT2D eigenvalue weighted by atomic mass is 16.5. The van der Waals surface area contributed by atoms with Gasteiger partial charge in [-0.3, -0.25) is 0 Å². The van der Waals surface area contributed by atoms with E-state index in [0.717, 1.165) is 6.42 Å². The minimum Gasteiger partial charge on any atom is -0.497 e. The van der Waals surface area contributed by atoms with Crippen molar-refractivity contribution in [1.82, 2.24) is 10.6 Å². The molecule has 0 radical (unpaired) electrons. The number of hydrogen-bond donors (Lipinski definition) is 3. The van der Waals surface area contributed by atoms with E-state index in [0.29, 0.717) is 17.9 Å². The molecule has 0 saturated heterocycles. The Balaban J connectivity index is 1.71. The zero-order valence-corrected chi connectivity index (χ0v) is 14.1. The van der Waals surface area contributed by atoms with Gasteiger partial charge >= 0.3 is 6.03 Å². The average molecular weight is 328 g/mol. The third-order valence-electron chi connectivity index (χ3n) is 3.75. The molecule has 3 N–H and O–H groups in total. The summed E-state index contributed by atoms with van der Waals surface area (Å²) in [5.41, 5.74) is 3.10. The van der Waals surface area contributed by atoms with Gasteiger partial charge in [0.25, 0.3) is 0 Å². The molecule has 0 aliphatic carbocycles. The van der Waals surface area contributed by atoms with Gasteiger partial charge in [-0.15, -0.1) is 0 Å². The molecule has 2 aromatic carbocycles. The van der Waals surface area contributed by atoms with Crippen molar-refractivity contribution in [2.75, 3.05) is 20.2 Å². The first kappa shape index (κ1) is 17.8. The van der Waals surface area contributed by atoms with Crippen LogP contribution >= 0.6 is 0 Å². The highest BCUT2D eigenvalue weighted by Gasteiger charge is 2.10. The fourth-order valence-electron chi connectivity index (χ4n) is 2.29. The maximum Gasteiger partial charge on any atom is 0.314 e. The number of urea groups is 1. The largest absolute Gasteiger partial charge is 0.497 e. The van der Waals surface area contributed by atoms with Gasteiger partial charge < -0.3 is 20.5 Å². The smallest absolute Gasteiger partial charge is 0.314 e. The fraction of sp³-hybridized carbons (Fsp3) is 0.316. The molecule has 0 fully saturated rings. The predicted molar refractivity (Wildman–Crippen MR) is 94.2 cm³/mol. The van der Waals surface area contributed by atoms with Crippen LogP contribution in [0, 0.1) is 6.92 Å². The predicted octanol–water partition coefficient (Wildman–Crippen LogP) is 2.58. The number of ether oxygens (including phenoxy) is 1. The zero-order valence-electron chi connectivity index (χ0n) is 14.1. The lowest BCUT2D eigenvalue weighted by Crippen LogP contribution is -2.38. The third kappa shape index (κ3) is 5.59. The minimum atomic E-state index is -0.775. The van der Waals surface area contributed by atoms with Gasteiger partial charge in [-0.05, 0) is 36.6 Å². The van der Waals surface area contributed by atoms with Crippen LogP contribution in [0.5, 0.6) is 5.75 Å². The number of aliphatic hydroxyl groups excluding tert-OH is 1. The summed E-state index contributed by atoms with van der Waals surface area (Å²) >= 11 is 0. The van der Waals surface area contributed by atoms with Gasteiger partial charge in [0, 0.05) is 13.1 Å². The molecule has 0 saturated carbocycles. The van der Waals surface area contributed by atoms with Crippen molar-refractivity contribution >= 4 is 6.03 Å². The van der Waals surface area contributed by atoms with Crippen LogP contribution in [0.15, 0.2) is 48.5 Å². The van der Waals surface area contributed by atoms with E-state index in [-0.39, 0.29) is 12.6 Å². The molecular weight excluding hydrogens is 304 g/mol. The van der Waals surface area contributed by atoms with Crippen LogP contribution in [0.1, 0.15) is 22.8 Å². The van der Waals surface area contributed by atoms with Crippen LogP contribution in [0.4, 0.5) is 4.79 Å². The number of aryl methyl sites for hydroxylation is 1. The SMILES string of the molecule is COc1cccc(C(O)CNC(=O)NCCc2ccc(C)cc2)c1. The highest BCUT2D eigenvalue weighted by Crippen LogP contribution is 2.18. The summed E-state index contributed by atoms with van der Waals surface area (Å²) in [6.07, 6.45) is -0.00507. The normalized spacial score (nSPS) is 11.6. The standard InChI is InChI=1S/C19H24N2O3/c1-14-6-8-15(9-7-14)10-11-20-19(23)21-13-18(22)16-4-3-5-17(12-16)24-2/h3-9,12,18,22H,10-11,13H2,1-2H3,(H2,20,21,23). The van der Waals surface area contributed by atoms with Crippen LogP contribution < -0.4 is 15.4 Å². The molecule has 0 aliphatic heterocycles. The van der Waals surface area contributed by atoms with E-state index in [1.54, 1.807) is 31.4 Å². The third-order valence-corrected chi connectivity index (χ3v) is 3.75. The Labute approximate surface area is 142 Å². The van der Waals surface area contributed by atoms with Gasteiger partial charge in [-0.1, -0.05) is 42.0 Å². The number of nitrogens with one attached hydrogen (secondary N) is 2. The summed E-state index contributed by atoms with van der Waals surface area (Å²) in [6, 6.07) is 15.1. The summed E-state index contributed by atoms with van der Waals surface area (Å²) in [5.74, 6) is 0.675. The summed E-state index contributed by atoms with van der Waals surface area (Å²) in [7, 11) is 1.57. The first-order valence-electron chi connectivity index (χ1n) is 7.98. The lowest BCUT2D eigenvalue weighted by atomic mass is 10.1. The van der Waals surface area contributed by atoms with Crippen molar-refractivity contribution in [1.29, 1.82) is 0 Å². The van der Waals surface area contributed by atoms with E-state index in [1.165, 1.54) is 11.1 Å². The van der Waals surface area contributed by atoms with Crippen LogP contribution in [0.2, 0.25) is 0 Å². The number of aliphatic hydroxyl groups is 1. The van der Waals surface area contributed by atoms with Crippen molar-refractivity contribution in [3.05, 3.63) is 65.2 Å². The highest BCUT2D eigenvalue weighted by molar-refractivity contribution is 5.73. The Morgan fingerprint density at radius 3 is 2.62 bits per heavy atom. The lowest BCUT2D eigenvalue weighted by molar-refractivity contribution is 0.173. The first-order valence-corrected chi connectivity index (χ1v) is 7.98. The van der Waals surface area contributed by atoms with Crippen molar-refractivity contribution in [2.24, 2.45) is 0 Å². The summed E-state index contributed by atoms with van der Waals surface area (Å²) in [5, 5.41) is 15.6. The van der Waals surface area contributed by atoms with E-state index < -0.39 is 6.10 Å². The van der Waals surface area contributed by atoms with Gasteiger partial charge in [0.05, 0.1) is 13.2 Å². The monoisotopic (exact) mass is 328 g/mol. The molecular formula is C19H24N2O3. The van der Waals surface area contributed by atoms with Crippen molar-refractivity contribution in [3.63, 3.8) is 0 Å². The Hall–Kier alpha value is -2.53. The molecule has 0 aromatic heterocycles. The number of rotatable bonds is 7. The van der Waals surface area contributed by atoms with Gasteiger partial charge in [0.15, 0.2) is 0 Å². The number of hydrogen-bond acceptors (Lipinski definition) is 3. The van der Waals surface area contributed by atoms with E-state index in [2.05, 4.69) is 34.9 Å². The summed E-state index contributed by atoms with van der Waals surface area (Å²) in [4.78, 5) is 11.8. The average Bonchev–Trinajstić information content (AvgIpc) is 2.61. The molecule has 0 aliphatic rings. The Kier molecular flexibility index (Phi) is 6.63. The van der Waals surface area contributed by atoms with Gasteiger partial charge in [-0.2, -0.15) is 0 Å². The van der Waals surface area contributed by atoms with E-state index in [9.17, 15) is 9.90 Å². The van der Waals surface area contributed by atoms with Crippen LogP contribution in [-0.4, -0.2) is 31.3 Å². The molecule has 2 rings (SSSR count). The number of benzene rings is 2. The van der Waals surface area contributed by atoms with Crippen LogP contribution in [0.3, 0.4) is 0 Å². The Morgan fingerprint density at radius 1 is 1.17 bits per heavy atom. The quantitative estimate of drug-likeness (QED) is 0.731. The number of methoxy groups -OCH3 is 1. The topological polar surface area (TPSA) is 70.6 Å². The van der Waals surface area contributed by atoms with Gasteiger partial charge in [0.1, 0.15) is 5.75 Å². The molecule has 0 heterocycles. The Bertz CT molecular complexity index is 656. The Morgan fingerprint density at radius 2 is 1.92 bits per heavy atom. The lowest BCUT2D eigenvalue weighted by Gasteiger charge is -2.14. The van der Waals surface area contributed by atoms with Crippen molar-refractivity contribution in [3.8, 4) is 5.75 Å². The minimum absolute atomic E-state index is 0.142. The fourth-order valence-corrected chi connectivity index (χ4v) is 2.29. The molecule has 1 unspecified atom stereocenters. The summed E-state index contributed by atoms with van der Waals surface area (Å²) < 4.78 is 5.12. The zero-order chi connectivity index (χ0) is 17.4. The van der Waals surface area contributed by atoms with Crippen molar-refractivity contribution < 1.29 is 14.6 Å². The number of carbonyl (C=O) groups is 1. The first-order chi connectivity index (χ1) is 11.6. The molecule has 0 bridgehead atoms.